The minimum absolute atomic E-state index is 0.309. The molecule has 1 aromatic heterocycles. The fraction of sp³-hybridized carbons (Fsp3) is 0.300. The third-order valence-corrected chi connectivity index (χ3v) is 5.65. The van der Waals surface area contributed by atoms with Gasteiger partial charge in [0.05, 0.1) is 23.5 Å². The zero-order valence-corrected chi connectivity index (χ0v) is 21.8. The Balaban J connectivity index is 1.44. The second kappa shape index (κ2) is 14.3. The van der Waals surface area contributed by atoms with Crippen molar-refractivity contribution >= 4 is 23.0 Å². The first-order valence-corrected chi connectivity index (χ1v) is 12.4. The van der Waals surface area contributed by atoms with E-state index in [0.29, 0.717) is 12.2 Å². The van der Waals surface area contributed by atoms with Gasteiger partial charge >= 0.3 is 5.97 Å². The van der Waals surface area contributed by atoms with Gasteiger partial charge in [-0.2, -0.15) is 10.2 Å². The highest BCUT2D eigenvalue weighted by Gasteiger charge is 2.04. The lowest BCUT2D eigenvalue weighted by atomic mass is 10.1. The van der Waals surface area contributed by atoms with Crippen LogP contribution < -0.4 is 4.90 Å². The Hall–Kier alpha value is -4.31. The van der Waals surface area contributed by atoms with Crippen LogP contribution in [0.25, 0.3) is 0 Å². The van der Waals surface area contributed by atoms with Crippen molar-refractivity contribution in [3.8, 4) is 11.8 Å². The summed E-state index contributed by atoms with van der Waals surface area (Å²) >= 11 is 0. The Morgan fingerprint density at radius 3 is 2.35 bits per heavy atom. The molecule has 0 aliphatic rings. The molecule has 0 unspecified atom stereocenters. The Morgan fingerprint density at radius 2 is 1.65 bits per heavy atom. The standard InChI is InChI=1S/C30H33N5O2/c1-23(2)30(36)37-18-8-6-5-7-17-35(4)29-15-13-27(14-16-29)33-34-28-12-11-26(24(3)19-28)10-9-25-20-31-22-32-21-25/h11-16,19-22H,1,5-8,17-18H2,2-4H3. The molecule has 37 heavy (non-hydrogen) atoms. The van der Waals surface area contributed by atoms with Gasteiger partial charge in [0.15, 0.2) is 0 Å². The van der Waals surface area contributed by atoms with Crippen molar-refractivity contribution < 1.29 is 9.53 Å². The predicted octanol–water partition coefficient (Wildman–Crippen LogP) is 6.72. The monoisotopic (exact) mass is 495 g/mol. The summed E-state index contributed by atoms with van der Waals surface area (Å²) in [4.78, 5) is 21.5. The van der Waals surface area contributed by atoms with E-state index < -0.39 is 0 Å². The topological polar surface area (TPSA) is 80.0 Å². The van der Waals surface area contributed by atoms with Crippen molar-refractivity contribution in [2.45, 2.75) is 39.5 Å². The third kappa shape index (κ3) is 9.34. The van der Waals surface area contributed by atoms with Gasteiger partial charge in [-0.15, -0.1) is 0 Å². The second-order valence-corrected chi connectivity index (χ2v) is 8.84. The molecule has 0 radical (unpaired) electrons. The quantitative estimate of drug-likeness (QED) is 0.0970. The van der Waals surface area contributed by atoms with E-state index in [0.717, 1.165) is 66.0 Å². The molecule has 0 aliphatic heterocycles. The van der Waals surface area contributed by atoms with Crippen LogP contribution in [-0.2, 0) is 9.53 Å². The zero-order valence-electron chi connectivity index (χ0n) is 21.8. The van der Waals surface area contributed by atoms with Crippen LogP contribution in [0.2, 0.25) is 0 Å². The average Bonchev–Trinajstić information content (AvgIpc) is 2.91. The first-order chi connectivity index (χ1) is 17.9. The molecule has 0 saturated heterocycles. The molecular formula is C30H33N5O2. The first-order valence-electron chi connectivity index (χ1n) is 12.4. The number of hydrogen-bond donors (Lipinski definition) is 0. The molecule has 0 N–H and O–H groups in total. The first kappa shape index (κ1) is 27.3. The summed E-state index contributed by atoms with van der Waals surface area (Å²) in [5.74, 6) is 5.92. The highest BCUT2D eigenvalue weighted by Crippen LogP contribution is 2.23. The van der Waals surface area contributed by atoms with Gasteiger partial charge in [0.2, 0.25) is 0 Å². The summed E-state index contributed by atoms with van der Waals surface area (Å²) < 4.78 is 5.12. The van der Waals surface area contributed by atoms with Gasteiger partial charge in [-0.05, 0) is 81.1 Å². The largest absolute Gasteiger partial charge is 0.462 e. The van der Waals surface area contributed by atoms with Crippen LogP contribution in [0.1, 0.15) is 49.3 Å². The maximum Gasteiger partial charge on any atom is 0.333 e. The minimum atomic E-state index is -0.309. The number of nitrogens with zero attached hydrogens (tertiary/aromatic N) is 5. The summed E-state index contributed by atoms with van der Waals surface area (Å²) in [5, 5.41) is 8.76. The lowest BCUT2D eigenvalue weighted by Gasteiger charge is -2.19. The summed E-state index contributed by atoms with van der Waals surface area (Å²) in [6.45, 7) is 8.67. The average molecular weight is 496 g/mol. The molecule has 190 valence electrons. The molecule has 0 spiro atoms. The SMILES string of the molecule is C=C(C)C(=O)OCCCCCCN(C)c1ccc(N=Nc2ccc(C#Cc3cncnc3)c(C)c2)cc1. The van der Waals surface area contributed by atoms with Crippen LogP contribution in [0.4, 0.5) is 17.1 Å². The van der Waals surface area contributed by atoms with E-state index in [9.17, 15) is 4.79 Å². The van der Waals surface area contributed by atoms with Gasteiger partial charge in [0.1, 0.15) is 6.33 Å². The molecule has 0 bridgehead atoms. The summed E-state index contributed by atoms with van der Waals surface area (Å²) in [6, 6.07) is 13.9. The van der Waals surface area contributed by atoms with Crippen molar-refractivity contribution in [2.24, 2.45) is 10.2 Å². The van der Waals surface area contributed by atoms with Gasteiger partial charge in [0, 0.05) is 42.8 Å². The van der Waals surface area contributed by atoms with Crippen LogP contribution in [0.3, 0.4) is 0 Å². The van der Waals surface area contributed by atoms with Crippen LogP contribution in [-0.4, -0.2) is 36.1 Å². The number of anilines is 1. The number of azo groups is 1. The number of rotatable bonds is 11. The Morgan fingerprint density at radius 1 is 0.973 bits per heavy atom. The van der Waals surface area contributed by atoms with Crippen molar-refractivity contribution in [2.75, 3.05) is 25.1 Å². The molecule has 3 aromatic rings. The molecular weight excluding hydrogens is 462 g/mol. The fourth-order valence-corrected chi connectivity index (χ4v) is 3.46. The lowest BCUT2D eigenvalue weighted by molar-refractivity contribution is -0.139. The van der Waals surface area contributed by atoms with E-state index >= 15 is 0 Å². The van der Waals surface area contributed by atoms with Gasteiger partial charge in [0.25, 0.3) is 0 Å². The van der Waals surface area contributed by atoms with Crippen molar-refractivity contribution in [1.29, 1.82) is 0 Å². The van der Waals surface area contributed by atoms with Crippen LogP contribution >= 0.6 is 0 Å². The summed E-state index contributed by atoms with van der Waals surface area (Å²) in [7, 11) is 2.09. The Labute approximate surface area is 219 Å². The zero-order chi connectivity index (χ0) is 26.5. The normalized spacial score (nSPS) is 10.6. The van der Waals surface area contributed by atoms with Crippen LogP contribution in [0.15, 0.2) is 83.6 Å². The summed E-state index contributed by atoms with van der Waals surface area (Å²) in [6.07, 6.45) is 8.94. The van der Waals surface area contributed by atoms with Crippen LogP contribution in [0.5, 0.6) is 0 Å². The van der Waals surface area contributed by atoms with Crippen LogP contribution in [0, 0.1) is 18.8 Å². The van der Waals surface area contributed by atoms with E-state index in [-0.39, 0.29) is 5.97 Å². The predicted molar refractivity (Wildman–Crippen MR) is 147 cm³/mol. The minimum Gasteiger partial charge on any atom is -0.462 e. The number of carbonyl (C=O) groups excluding carboxylic acids is 1. The maximum absolute atomic E-state index is 11.4. The number of esters is 1. The molecule has 3 rings (SSSR count). The number of ether oxygens (including phenoxy) is 1. The molecule has 0 saturated carbocycles. The molecule has 7 heteroatoms. The maximum atomic E-state index is 11.4. The number of unbranched alkanes of at least 4 members (excludes halogenated alkanes) is 3. The van der Waals surface area contributed by atoms with E-state index in [4.69, 9.17) is 4.74 Å². The van der Waals surface area contributed by atoms with E-state index in [1.54, 1.807) is 19.3 Å². The van der Waals surface area contributed by atoms with Crippen molar-refractivity contribution in [3.05, 3.63) is 90.0 Å². The number of carbonyl (C=O) groups is 1. The van der Waals surface area contributed by atoms with Crippen molar-refractivity contribution in [3.63, 3.8) is 0 Å². The smallest absolute Gasteiger partial charge is 0.333 e. The van der Waals surface area contributed by atoms with Gasteiger partial charge in [-0.1, -0.05) is 24.8 Å². The number of benzene rings is 2. The second-order valence-electron chi connectivity index (χ2n) is 8.84. The molecule has 1 heterocycles. The highest BCUT2D eigenvalue weighted by molar-refractivity contribution is 5.86. The van der Waals surface area contributed by atoms with E-state index in [2.05, 4.69) is 62.7 Å². The molecule has 0 atom stereocenters. The van der Waals surface area contributed by atoms with Gasteiger partial charge in [-0.3, -0.25) is 0 Å². The molecule has 0 amide bonds. The molecule has 0 aliphatic carbocycles. The number of aryl methyl sites for hydroxylation is 1. The lowest BCUT2D eigenvalue weighted by Crippen LogP contribution is -2.18. The fourth-order valence-electron chi connectivity index (χ4n) is 3.46. The molecule has 0 fully saturated rings. The van der Waals surface area contributed by atoms with E-state index in [1.165, 1.54) is 6.33 Å². The third-order valence-electron chi connectivity index (χ3n) is 5.65. The molecule has 2 aromatic carbocycles. The molecule has 7 nitrogen and oxygen atoms in total. The highest BCUT2D eigenvalue weighted by atomic mass is 16.5. The number of aromatic nitrogens is 2. The number of hydrogen-bond acceptors (Lipinski definition) is 7. The van der Waals surface area contributed by atoms with Gasteiger partial charge < -0.3 is 9.64 Å². The van der Waals surface area contributed by atoms with E-state index in [1.807, 2.05) is 37.3 Å². The Kier molecular flexibility index (Phi) is 10.5. The summed E-state index contributed by atoms with van der Waals surface area (Å²) in [5.41, 5.74) is 5.90. The Bertz CT molecular complexity index is 1270. The van der Waals surface area contributed by atoms with Crippen molar-refractivity contribution in [1.82, 2.24) is 9.97 Å². The van der Waals surface area contributed by atoms with Gasteiger partial charge in [-0.25, -0.2) is 14.8 Å².